The minimum Gasteiger partial charge on any atom is -0.372 e. The fourth-order valence-electron chi connectivity index (χ4n) is 2.53. The van der Waals surface area contributed by atoms with Gasteiger partial charge in [0.1, 0.15) is 0 Å². The minimum absolute atomic E-state index is 0.127. The maximum absolute atomic E-state index is 12.3. The summed E-state index contributed by atoms with van der Waals surface area (Å²) in [5, 5.41) is 7.84. The number of carbonyl (C=O) groups is 2. The fraction of sp³-hybridized carbons (Fsp3) is 0.389. The van der Waals surface area contributed by atoms with E-state index in [1.807, 2.05) is 19.1 Å². The van der Waals surface area contributed by atoms with Crippen molar-refractivity contribution in [3.05, 3.63) is 34.8 Å². The lowest BCUT2D eigenvalue weighted by atomic mass is 10.1. The summed E-state index contributed by atoms with van der Waals surface area (Å²) in [6.45, 7) is 9.55. The zero-order valence-electron chi connectivity index (χ0n) is 15.0. The van der Waals surface area contributed by atoms with Crippen molar-refractivity contribution in [3.63, 3.8) is 0 Å². The maximum atomic E-state index is 12.3. The summed E-state index contributed by atoms with van der Waals surface area (Å²) in [6, 6.07) is 6.04. The zero-order chi connectivity index (χ0) is 18.4. The van der Waals surface area contributed by atoms with Crippen LogP contribution in [0.25, 0.3) is 0 Å². The SMILES string of the molecule is CCN(CC)c1ccc(NC(=O)Cc2csc(NC(C)=O)n2)c(C)c1. The van der Waals surface area contributed by atoms with Crippen LogP contribution >= 0.6 is 11.3 Å². The van der Waals surface area contributed by atoms with E-state index in [0.29, 0.717) is 10.8 Å². The molecule has 1 aromatic heterocycles. The quantitative estimate of drug-likeness (QED) is 0.793. The molecule has 0 atom stereocenters. The minimum atomic E-state index is -0.172. The second-order valence-electron chi connectivity index (χ2n) is 5.72. The second-order valence-corrected chi connectivity index (χ2v) is 6.58. The van der Waals surface area contributed by atoms with Crippen molar-refractivity contribution in [3.8, 4) is 0 Å². The average molecular weight is 360 g/mol. The van der Waals surface area contributed by atoms with Gasteiger partial charge in [0.25, 0.3) is 0 Å². The van der Waals surface area contributed by atoms with E-state index < -0.39 is 0 Å². The molecule has 0 aliphatic heterocycles. The normalized spacial score (nSPS) is 10.4. The molecule has 0 unspecified atom stereocenters. The molecule has 1 aromatic carbocycles. The molecular formula is C18H24N4O2S. The Hall–Kier alpha value is -2.41. The summed E-state index contributed by atoms with van der Waals surface area (Å²) < 4.78 is 0. The largest absolute Gasteiger partial charge is 0.372 e. The first-order valence-corrected chi connectivity index (χ1v) is 9.18. The number of nitrogens with one attached hydrogen (secondary N) is 2. The van der Waals surface area contributed by atoms with Gasteiger partial charge >= 0.3 is 0 Å². The molecule has 25 heavy (non-hydrogen) atoms. The van der Waals surface area contributed by atoms with Gasteiger partial charge in [0.15, 0.2) is 5.13 Å². The number of aryl methyl sites for hydroxylation is 1. The van der Waals surface area contributed by atoms with Crippen LogP contribution < -0.4 is 15.5 Å². The lowest BCUT2D eigenvalue weighted by Gasteiger charge is -2.22. The van der Waals surface area contributed by atoms with Crippen molar-refractivity contribution in [1.82, 2.24) is 4.98 Å². The zero-order valence-corrected chi connectivity index (χ0v) is 15.9. The predicted octanol–water partition coefficient (Wildman–Crippen LogP) is 3.44. The van der Waals surface area contributed by atoms with Crippen LogP contribution in [-0.4, -0.2) is 29.9 Å². The number of benzene rings is 1. The van der Waals surface area contributed by atoms with E-state index in [9.17, 15) is 9.59 Å². The Bertz CT molecular complexity index is 753. The fourth-order valence-corrected chi connectivity index (χ4v) is 3.28. The molecule has 0 fully saturated rings. The first-order valence-electron chi connectivity index (χ1n) is 8.30. The molecule has 2 N–H and O–H groups in total. The molecule has 0 saturated heterocycles. The van der Waals surface area contributed by atoms with Crippen LogP contribution in [0.15, 0.2) is 23.6 Å². The van der Waals surface area contributed by atoms with Crippen LogP contribution in [0.5, 0.6) is 0 Å². The molecule has 6 nitrogen and oxygen atoms in total. The molecule has 2 aromatic rings. The van der Waals surface area contributed by atoms with E-state index in [0.717, 1.165) is 30.0 Å². The lowest BCUT2D eigenvalue weighted by Crippen LogP contribution is -2.22. The third-order valence-corrected chi connectivity index (χ3v) is 4.60. The monoisotopic (exact) mass is 360 g/mol. The molecule has 2 amide bonds. The highest BCUT2D eigenvalue weighted by atomic mass is 32.1. The Morgan fingerprint density at radius 1 is 1.20 bits per heavy atom. The lowest BCUT2D eigenvalue weighted by molar-refractivity contribution is -0.116. The van der Waals surface area contributed by atoms with Crippen molar-refractivity contribution in [1.29, 1.82) is 0 Å². The van der Waals surface area contributed by atoms with Crippen molar-refractivity contribution >= 4 is 39.7 Å². The highest BCUT2D eigenvalue weighted by Gasteiger charge is 2.11. The Kier molecular flexibility index (Phi) is 6.52. The number of rotatable bonds is 7. The molecule has 0 bridgehead atoms. The van der Waals surface area contributed by atoms with Crippen LogP contribution in [-0.2, 0) is 16.0 Å². The number of aromatic nitrogens is 1. The first-order chi connectivity index (χ1) is 11.9. The van der Waals surface area contributed by atoms with Gasteiger partial charge in [0, 0.05) is 36.8 Å². The van der Waals surface area contributed by atoms with Crippen molar-refractivity contribution in [2.45, 2.75) is 34.1 Å². The van der Waals surface area contributed by atoms with Crippen LogP contribution in [0.1, 0.15) is 32.0 Å². The maximum Gasteiger partial charge on any atom is 0.230 e. The predicted molar refractivity (Wildman–Crippen MR) is 103 cm³/mol. The number of anilines is 3. The molecule has 7 heteroatoms. The van der Waals surface area contributed by atoms with Crippen LogP contribution in [0.4, 0.5) is 16.5 Å². The van der Waals surface area contributed by atoms with E-state index in [1.54, 1.807) is 5.38 Å². The summed E-state index contributed by atoms with van der Waals surface area (Å²) in [4.78, 5) is 29.8. The molecule has 0 aliphatic rings. The highest BCUT2D eigenvalue weighted by molar-refractivity contribution is 7.13. The summed E-state index contributed by atoms with van der Waals surface area (Å²) in [7, 11) is 0. The molecule has 0 spiro atoms. The Morgan fingerprint density at radius 2 is 1.92 bits per heavy atom. The van der Waals surface area contributed by atoms with Gasteiger partial charge in [-0.05, 0) is 44.5 Å². The van der Waals surface area contributed by atoms with Gasteiger partial charge in [-0.3, -0.25) is 9.59 Å². The van der Waals surface area contributed by atoms with Gasteiger partial charge in [-0.1, -0.05) is 0 Å². The number of carbonyl (C=O) groups excluding carboxylic acids is 2. The Balaban J connectivity index is 2.00. The standard InChI is InChI=1S/C18H24N4O2S/c1-5-22(6-2)15-7-8-16(12(3)9-15)21-17(24)10-14-11-25-18(20-14)19-13(4)23/h7-9,11H,5-6,10H2,1-4H3,(H,21,24)(H,19,20,23). The molecule has 0 radical (unpaired) electrons. The average Bonchev–Trinajstić information content (AvgIpc) is 2.97. The van der Waals surface area contributed by atoms with Gasteiger partial charge in [-0.15, -0.1) is 11.3 Å². The van der Waals surface area contributed by atoms with Crippen molar-refractivity contribution < 1.29 is 9.59 Å². The summed E-state index contributed by atoms with van der Waals surface area (Å²) in [5.41, 5.74) is 3.62. The molecule has 2 rings (SSSR count). The second kappa shape index (κ2) is 8.62. The van der Waals surface area contributed by atoms with Gasteiger partial charge in [0.2, 0.25) is 11.8 Å². The van der Waals surface area contributed by atoms with E-state index >= 15 is 0 Å². The van der Waals surface area contributed by atoms with Crippen molar-refractivity contribution in [2.75, 3.05) is 28.6 Å². The Labute approximate surface area is 152 Å². The molecule has 134 valence electrons. The molecule has 1 heterocycles. The van der Waals surface area contributed by atoms with E-state index in [4.69, 9.17) is 0 Å². The summed E-state index contributed by atoms with van der Waals surface area (Å²) >= 11 is 1.31. The third kappa shape index (κ3) is 5.29. The number of hydrogen-bond acceptors (Lipinski definition) is 5. The number of amides is 2. The molecule has 0 saturated carbocycles. The van der Waals surface area contributed by atoms with E-state index in [-0.39, 0.29) is 18.2 Å². The number of thiazole rings is 1. The number of nitrogens with zero attached hydrogens (tertiary/aromatic N) is 2. The summed E-state index contributed by atoms with van der Waals surface area (Å²) in [5.74, 6) is -0.298. The van der Waals surface area contributed by atoms with Gasteiger partial charge in [-0.25, -0.2) is 4.98 Å². The topological polar surface area (TPSA) is 74.3 Å². The van der Waals surface area contributed by atoms with E-state index in [2.05, 4.69) is 40.4 Å². The Morgan fingerprint density at radius 3 is 2.52 bits per heavy atom. The van der Waals surface area contributed by atoms with Crippen LogP contribution in [0, 0.1) is 6.92 Å². The van der Waals surface area contributed by atoms with Gasteiger partial charge < -0.3 is 15.5 Å². The van der Waals surface area contributed by atoms with Gasteiger partial charge in [-0.2, -0.15) is 0 Å². The summed E-state index contributed by atoms with van der Waals surface area (Å²) in [6.07, 6.45) is 0.174. The van der Waals surface area contributed by atoms with E-state index in [1.165, 1.54) is 18.3 Å². The van der Waals surface area contributed by atoms with Crippen molar-refractivity contribution in [2.24, 2.45) is 0 Å². The molecule has 0 aliphatic carbocycles. The first kappa shape index (κ1) is 18.9. The molecular weight excluding hydrogens is 336 g/mol. The van der Waals surface area contributed by atoms with Gasteiger partial charge in [0.05, 0.1) is 12.1 Å². The van der Waals surface area contributed by atoms with Crippen LogP contribution in [0.3, 0.4) is 0 Å². The number of hydrogen-bond donors (Lipinski definition) is 2. The third-order valence-electron chi connectivity index (χ3n) is 3.79. The van der Waals surface area contributed by atoms with Crippen LogP contribution in [0.2, 0.25) is 0 Å². The highest BCUT2D eigenvalue weighted by Crippen LogP contribution is 2.23. The smallest absolute Gasteiger partial charge is 0.230 e.